The van der Waals surface area contributed by atoms with Gasteiger partial charge in [0.15, 0.2) is 0 Å². The van der Waals surface area contributed by atoms with Crippen molar-refractivity contribution in [2.45, 2.75) is 45.1 Å². The maximum atomic E-state index is 5.17. The van der Waals surface area contributed by atoms with Gasteiger partial charge >= 0.3 is 0 Å². The molecule has 0 aliphatic heterocycles. The molecule has 1 unspecified atom stereocenters. The molecule has 0 radical (unpaired) electrons. The van der Waals surface area contributed by atoms with Gasteiger partial charge in [0, 0.05) is 15.9 Å². The van der Waals surface area contributed by atoms with Crippen molar-refractivity contribution in [3.8, 4) is 12.3 Å². The minimum Gasteiger partial charge on any atom is -0.361 e. The van der Waals surface area contributed by atoms with E-state index in [0.717, 1.165) is 12.8 Å². The Labute approximate surface area is 72.2 Å². The molecule has 0 N–H and O–H groups in total. The number of hydrogen-bond acceptors (Lipinski definition) is 1. The Kier molecular flexibility index (Phi) is 8.01. The summed E-state index contributed by atoms with van der Waals surface area (Å²) in [7, 11) is 2.28. The van der Waals surface area contributed by atoms with Gasteiger partial charge < -0.3 is 4.52 Å². The molecule has 0 spiro atoms. The zero-order chi connectivity index (χ0) is 8.53. The van der Waals surface area contributed by atoms with Crippen molar-refractivity contribution in [1.82, 2.24) is 0 Å². The predicted molar refractivity (Wildman–Crippen MR) is 52.2 cm³/mol. The van der Waals surface area contributed by atoms with Crippen molar-refractivity contribution in [2.24, 2.45) is 0 Å². The lowest BCUT2D eigenvalue weighted by Crippen LogP contribution is -2.05. The third-order valence-corrected chi connectivity index (χ3v) is 2.05. The minimum atomic E-state index is 0.247. The predicted octanol–water partition coefficient (Wildman–Crippen LogP) is 2.77. The molecule has 0 aromatic heterocycles. The average molecular weight is 172 g/mol. The van der Waals surface area contributed by atoms with Crippen molar-refractivity contribution in [2.75, 3.05) is 0 Å². The second-order valence-corrected chi connectivity index (χ2v) is 2.93. The first-order chi connectivity index (χ1) is 5.35. The lowest BCUT2D eigenvalue weighted by Gasteiger charge is -2.10. The molecule has 1 nitrogen and oxygen atoms in total. The van der Waals surface area contributed by atoms with Crippen LogP contribution in [0.15, 0.2) is 0 Å². The SMILES string of the molecule is C#CC[C@H](CCCCC)OP. The topological polar surface area (TPSA) is 9.23 Å². The maximum absolute atomic E-state index is 5.17. The van der Waals surface area contributed by atoms with Crippen molar-refractivity contribution in [3.63, 3.8) is 0 Å². The van der Waals surface area contributed by atoms with E-state index in [-0.39, 0.29) is 6.10 Å². The molecule has 0 rings (SSSR count). The smallest absolute Gasteiger partial charge is 0.0719 e. The summed E-state index contributed by atoms with van der Waals surface area (Å²) >= 11 is 0. The van der Waals surface area contributed by atoms with Crippen molar-refractivity contribution in [3.05, 3.63) is 0 Å². The Hall–Kier alpha value is -0.0500. The van der Waals surface area contributed by atoms with Gasteiger partial charge in [0.05, 0.1) is 6.10 Å². The lowest BCUT2D eigenvalue weighted by molar-refractivity contribution is 0.228. The van der Waals surface area contributed by atoms with Crippen LogP contribution in [0.5, 0.6) is 0 Å². The molecule has 0 heterocycles. The molecular weight excluding hydrogens is 155 g/mol. The first kappa shape index (κ1) is 11.0. The fraction of sp³-hybridized carbons (Fsp3) is 0.778. The Morgan fingerprint density at radius 2 is 2.27 bits per heavy atom. The van der Waals surface area contributed by atoms with Gasteiger partial charge in [0.2, 0.25) is 0 Å². The highest BCUT2D eigenvalue weighted by molar-refractivity contribution is 7.09. The van der Waals surface area contributed by atoms with E-state index in [0.29, 0.717) is 0 Å². The van der Waals surface area contributed by atoms with Crippen LogP contribution in [0, 0.1) is 12.3 Å². The van der Waals surface area contributed by atoms with Crippen LogP contribution in [0.1, 0.15) is 39.0 Å². The molecule has 11 heavy (non-hydrogen) atoms. The molecule has 0 aliphatic carbocycles. The summed E-state index contributed by atoms with van der Waals surface area (Å²) < 4.78 is 5.11. The van der Waals surface area contributed by atoms with Crippen molar-refractivity contribution in [1.29, 1.82) is 0 Å². The number of unbranched alkanes of at least 4 members (excludes halogenated alkanes) is 2. The fourth-order valence-electron chi connectivity index (χ4n) is 0.972. The minimum absolute atomic E-state index is 0.247. The third kappa shape index (κ3) is 6.35. The Morgan fingerprint density at radius 1 is 1.55 bits per heavy atom. The highest BCUT2D eigenvalue weighted by Gasteiger charge is 2.03. The van der Waals surface area contributed by atoms with E-state index >= 15 is 0 Å². The lowest BCUT2D eigenvalue weighted by atomic mass is 10.1. The van der Waals surface area contributed by atoms with Crippen LogP contribution in [0.25, 0.3) is 0 Å². The van der Waals surface area contributed by atoms with E-state index in [2.05, 4.69) is 22.3 Å². The summed E-state index contributed by atoms with van der Waals surface area (Å²) in [5.74, 6) is 2.61. The van der Waals surface area contributed by atoms with Gasteiger partial charge in [-0.2, -0.15) is 0 Å². The van der Waals surface area contributed by atoms with Crippen LogP contribution >= 0.6 is 9.47 Å². The third-order valence-electron chi connectivity index (χ3n) is 1.67. The molecule has 0 saturated heterocycles. The van der Waals surface area contributed by atoms with Gasteiger partial charge in [-0.05, 0) is 6.42 Å². The second kappa shape index (κ2) is 8.05. The molecule has 0 aromatic rings. The molecule has 2 heteroatoms. The van der Waals surface area contributed by atoms with Gasteiger partial charge in [0.1, 0.15) is 0 Å². The molecule has 2 atom stereocenters. The molecule has 0 bridgehead atoms. The second-order valence-electron chi connectivity index (χ2n) is 2.66. The van der Waals surface area contributed by atoms with E-state index in [1.807, 2.05) is 0 Å². The fourth-order valence-corrected chi connectivity index (χ4v) is 1.20. The molecule has 0 amide bonds. The van der Waals surface area contributed by atoms with Crippen molar-refractivity contribution >= 4 is 9.47 Å². The van der Waals surface area contributed by atoms with Crippen LogP contribution in [-0.4, -0.2) is 6.10 Å². The zero-order valence-corrected chi connectivity index (χ0v) is 8.33. The number of rotatable bonds is 6. The standard InChI is InChI=1S/C9H17OP/c1-3-5-6-8-9(10-11)7-4-2/h2,9H,3,5-8,11H2,1H3/t9-/m1/s1. The van der Waals surface area contributed by atoms with Gasteiger partial charge in [-0.25, -0.2) is 0 Å². The largest absolute Gasteiger partial charge is 0.361 e. The van der Waals surface area contributed by atoms with Gasteiger partial charge in [-0.3, -0.25) is 0 Å². The highest BCUT2D eigenvalue weighted by Crippen LogP contribution is 2.11. The average Bonchev–Trinajstić information content (AvgIpc) is 2.03. The Balaban J connectivity index is 3.30. The Bertz CT molecular complexity index is 117. The molecule has 0 aromatic carbocycles. The summed E-state index contributed by atoms with van der Waals surface area (Å²) in [4.78, 5) is 0. The summed E-state index contributed by atoms with van der Waals surface area (Å²) in [5.41, 5.74) is 0. The quantitative estimate of drug-likeness (QED) is 0.340. The van der Waals surface area contributed by atoms with E-state index in [9.17, 15) is 0 Å². The molecule has 0 aliphatic rings. The Morgan fingerprint density at radius 3 is 2.73 bits per heavy atom. The zero-order valence-electron chi connectivity index (χ0n) is 7.18. The van der Waals surface area contributed by atoms with E-state index in [4.69, 9.17) is 10.9 Å². The first-order valence-corrected chi connectivity index (χ1v) is 4.61. The van der Waals surface area contributed by atoms with Crippen LogP contribution in [-0.2, 0) is 4.52 Å². The summed E-state index contributed by atoms with van der Waals surface area (Å²) in [6.45, 7) is 2.19. The van der Waals surface area contributed by atoms with Crippen LogP contribution in [0.3, 0.4) is 0 Å². The van der Waals surface area contributed by atoms with Crippen LogP contribution in [0.2, 0.25) is 0 Å². The van der Waals surface area contributed by atoms with Crippen LogP contribution < -0.4 is 0 Å². The number of terminal acetylenes is 1. The summed E-state index contributed by atoms with van der Waals surface area (Å²) in [6.07, 6.45) is 11.0. The van der Waals surface area contributed by atoms with Crippen LogP contribution in [0.4, 0.5) is 0 Å². The van der Waals surface area contributed by atoms with Gasteiger partial charge in [-0.1, -0.05) is 26.2 Å². The molecule has 0 fully saturated rings. The monoisotopic (exact) mass is 172 g/mol. The van der Waals surface area contributed by atoms with E-state index < -0.39 is 0 Å². The molecule has 0 saturated carbocycles. The normalized spacial score (nSPS) is 12.5. The summed E-state index contributed by atoms with van der Waals surface area (Å²) in [6, 6.07) is 0. The van der Waals surface area contributed by atoms with Gasteiger partial charge in [-0.15, -0.1) is 12.3 Å². The van der Waals surface area contributed by atoms with Crippen molar-refractivity contribution < 1.29 is 4.52 Å². The van der Waals surface area contributed by atoms with Gasteiger partial charge in [0.25, 0.3) is 0 Å². The maximum Gasteiger partial charge on any atom is 0.0719 e. The first-order valence-electron chi connectivity index (χ1n) is 4.14. The number of hydrogen-bond donors (Lipinski definition) is 0. The molecule has 64 valence electrons. The summed E-state index contributed by atoms with van der Waals surface area (Å²) in [5, 5.41) is 0. The van der Waals surface area contributed by atoms with E-state index in [1.165, 1.54) is 19.3 Å². The molecular formula is C9H17OP. The highest BCUT2D eigenvalue weighted by atomic mass is 31.0. The van der Waals surface area contributed by atoms with E-state index in [1.54, 1.807) is 0 Å².